The second-order valence-corrected chi connectivity index (χ2v) is 6.79. The van der Waals surface area contributed by atoms with Crippen LogP contribution in [0.3, 0.4) is 0 Å². The summed E-state index contributed by atoms with van der Waals surface area (Å²) in [6, 6.07) is 20.0. The zero-order valence-corrected chi connectivity index (χ0v) is 16.1. The third-order valence-corrected chi connectivity index (χ3v) is 4.83. The van der Waals surface area contributed by atoms with Crippen molar-refractivity contribution >= 4 is 11.9 Å². The first kappa shape index (κ1) is 19.9. The number of benzene rings is 2. The molecule has 0 bridgehead atoms. The molecule has 6 nitrogen and oxygen atoms in total. The van der Waals surface area contributed by atoms with Gasteiger partial charge >= 0.3 is 0 Å². The molecule has 3 N–H and O–H groups in total. The van der Waals surface area contributed by atoms with Crippen molar-refractivity contribution in [1.82, 2.24) is 10.2 Å². The molecule has 0 radical (unpaired) electrons. The molecule has 0 saturated carbocycles. The second-order valence-electron chi connectivity index (χ2n) is 6.79. The standard InChI is InChI=1S/C22H28N4O2/c23-22(24-12-11-18-7-3-1-4-8-18)25-17-20(19-9-5-2-6-10-19)21(27)26-13-15-28-16-14-26/h1-10,20H,11-17H2,(H3,23,24,25). The van der Waals surface area contributed by atoms with Crippen LogP contribution in [-0.4, -0.2) is 56.2 Å². The van der Waals surface area contributed by atoms with Crippen LogP contribution in [-0.2, 0) is 16.0 Å². The van der Waals surface area contributed by atoms with Gasteiger partial charge in [0.1, 0.15) is 0 Å². The Morgan fingerprint density at radius 2 is 1.71 bits per heavy atom. The SMILES string of the molecule is NC(=NCC(C(=O)N1CCOCC1)c1ccccc1)NCCc1ccccc1. The number of rotatable bonds is 7. The van der Waals surface area contributed by atoms with E-state index in [1.54, 1.807) is 0 Å². The van der Waals surface area contributed by atoms with Gasteiger partial charge in [-0.05, 0) is 17.5 Å². The van der Waals surface area contributed by atoms with E-state index in [0.29, 0.717) is 45.4 Å². The third kappa shape index (κ3) is 5.82. The molecule has 0 spiro atoms. The first-order valence-electron chi connectivity index (χ1n) is 9.73. The highest BCUT2D eigenvalue weighted by Crippen LogP contribution is 2.20. The maximum Gasteiger partial charge on any atom is 0.232 e. The largest absolute Gasteiger partial charge is 0.378 e. The van der Waals surface area contributed by atoms with E-state index in [0.717, 1.165) is 12.0 Å². The van der Waals surface area contributed by atoms with Crippen molar-refractivity contribution in [2.24, 2.45) is 10.7 Å². The highest BCUT2D eigenvalue weighted by atomic mass is 16.5. The minimum Gasteiger partial charge on any atom is -0.378 e. The minimum atomic E-state index is -0.339. The molecule has 1 aliphatic heterocycles. The molecule has 0 aromatic heterocycles. The molecule has 1 fully saturated rings. The minimum absolute atomic E-state index is 0.0790. The average Bonchev–Trinajstić information content (AvgIpc) is 2.76. The zero-order valence-electron chi connectivity index (χ0n) is 16.1. The van der Waals surface area contributed by atoms with Crippen molar-refractivity contribution in [3.05, 3.63) is 71.8 Å². The topological polar surface area (TPSA) is 80.0 Å². The highest BCUT2D eigenvalue weighted by Gasteiger charge is 2.27. The van der Waals surface area contributed by atoms with Crippen LogP contribution in [0.1, 0.15) is 17.0 Å². The van der Waals surface area contributed by atoms with Crippen LogP contribution in [0.2, 0.25) is 0 Å². The number of nitrogens with zero attached hydrogens (tertiary/aromatic N) is 2. The van der Waals surface area contributed by atoms with Crippen LogP contribution in [0, 0.1) is 0 Å². The summed E-state index contributed by atoms with van der Waals surface area (Å²) in [5.74, 6) is 0.107. The maximum absolute atomic E-state index is 13.1. The van der Waals surface area contributed by atoms with E-state index in [1.165, 1.54) is 5.56 Å². The van der Waals surface area contributed by atoms with Crippen molar-refractivity contribution in [3.63, 3.8) is 0 Å². The Hall–Kier alpha value is -2.86. The lowest BCUT2D eigenvalue weighted by Gasteiger charge is -2.30. The summed E-state index contributed by atoms with van der Waals surface area (Å²) < 4.78 is 5.36. The van der Waals surface area contributed by atoms with Crippen LogP contribution >= 0.6 is 0 Å². The van der Waals surface area contributed by atoms with E-state index in [9.17, 15) is 4.79 Å². The summed E-state index contributed by atoms with van der Waals surface area (Å²) in [7, 11) is 0. The van der Waals surface area contributed by atoms with Gasteiger partial charge in [0.25, 0.3) is 0 Å². The van der Waals surface area contributed by atoms with Gasteiger partial charge in [-0.2, -0.15) is 0 Å². The van der Waals surface area contributed by atoms with Crippen LogP contribution in [0.25, 0.3) is 0 Å². The van der Waals surface area contributed by atoms with Crippen LogP contribution < -0.4 is 11.1 Å². The van der Waals surface area contributed by atoms with Crippen LogP contribution in [0.5, 0.6) is 0 Å². The van der Waals surface area contributed by atoms with Gasteiger partial charge in [0.05, 0.1) is 25.7 Å². The molecular weight excluding hydrogens is 352 g/mol. The molecule has 0 aliphatic carbocycles. The number of guanidine groups is 1. The molecule has 1 unspecified atom stereocenters. The lowest BCUT2D eigenvalue weighted by atomic mass is 9.97. The van der Waals surface area contributed by atoms with E-state index in [-0.39, 0.29) is 11.8 Å². The first-order valence-corrected chi connectivity index (χ1v) is 9.73. The van der Waals surface area contributed by atoms with Crippen molar-refractivity contribution in [1.29, 1.82) is 0 Å². The Labute approximate surface area is 166 Å². The molecule has 1 saturated heterocycles. The fourth-order valence-corrected chi connectivity index (χ4v) is 3.24. The number of hydrogen-bond acceptors (Lipinski definition) is 3. The number of amides is 1. The highest BCUT2D eigenvalue weighted by molar-refractivity contribution is 5.85. The molecule has 148 valence electrons. The lowest BCUT2D eigenvalue weighted by Crippen LogP contribution is -2.44. The van der Waals surface area contributed by atoms with Gasteiger partial charge in [0.15, 0.2) is 5.96 Å². The van der Waals surface area contributed by atoms with E-state index >= 15 is 0 Å². The van der Waals surface area contributed by atoms with Gasteiger partial charge in [-0.3, -0.25) is 9.79 Å². The second kappa shape index (κ2) is 10.5. The average molecular weight is 380 g/mol. The Morgan fingerprint density at radius 3 is 2.39 bits per heavy atom. The molecule has 2 aromatic carbocycles. The van der Waals surface area contributed by atoms with Gasteiger partial charge in [-0.15, -0.1) is 0 Å². The Kier molecular flexibility index (Phi) is 7.44. The molecule has 6 heteroatoms. The van der Waals surface area contributed by atoms with Gasteiger partial charge < -0.3 is 20.7 Å². The predicted molar refractivity (Wildman–Crippen MR) is 111 cm³/mol. The number of hydrogen-bond donors (Lipinski definition) is 2. The number of carbonyl (C=O) groups is 1. The Balaban J connectivity index is 1.60. The third-order valence-electron chi connectivity index (χ3n) is 4.83. The van der Waals surface area contributed by atoms with Gasteiger partial charge in [0.2, 0.25) is 5.91 Å². The quantitative estimate of drug-likeness (QED) is 0.567. The first-order chi connectivity index (χ1) is 13.7. The van der Waals surface area contributed by atoms with Crippen molar-refractivity contribution < 1.29 is 9.53 Å². The molecule has 1 amide bonds. The van der Waals surface area contributed by atoms with Crippen molar-refractivity contribution in [3.8, 4) is 0 Å². The molecule has 1 heterocycles. The molecule has 28 heavy (non-hydrogen) atoms. The molecule has 2 aromatic rings. The van der Waals surface area contributed by atoms with E-state index in [2.05, 4.69) is 22.4 Å². The molecule has 3 rings (SSSR count). The summed E-state index contributed by atoms with van der Waals surface area (Å²) in [6.07, 6.45) is 0.867. The predicted octanol–water partition coefficient (Wildman–Crippen LogP) is 1.78. The summed E-state index contributed by atoms with van der Waals surface area (Å²) in [4.78, 5) is 19.4. The van der Waals surface area contributed by atoms with Gasteiger partial charge in [-0.25, -0.2) is 0 Å². The maximum atomic E-state index is 13.1. The van der Waals surface area contributed by atoms with E-state index in [4.69, 9.17) is 10.5 Å². The summed E-state index contributed by atoms with van der Waals surface area (Å²) in [6.45, 7) is 3.43. The summed E-state index contributed by atoms with van der Waals surface area (Å²) >= 11 is 0. The van der Waals surface area contributed by atoms with Gasteiger partial charge in [-0.1, -0.05) is 60.7 Å². The number of nitrogens with one attached hydrogen (secondary N) is 1. The van der Waals surface area contributed by atoms with Crippen molar-refractivity contribution in [2.75, 3.05) is 39.4 Å². The normalized spacial score (nSPS) is 15.9. The molecule has 1 atom stereocenters. The number of aliphatic imine (C=N–C) groups is 1. The number of nitrogens with two attached hydrogens (primary N) is 1. The van der Waals surface area contributed by atoms with Crippen molar-refractivity contribution in [2.45, 2.75) is 12.3 Å². The van der Waals surface area contributed by atoms with Crippen LogP contribution in [0.15, 0.2) is 65.7 Å². The smallest absolute Gasteiger partial charge is 0.232 e. The van der Waals surface area contributed by atoms with Crippen LogP contribution in [0.4, 0.5) is 0 Å². The molecular formula is C22H28N4O2. The summed E-state index contributed by atoms with van der Waals surface area (Å²) in [5.41, 5.74) is 8.24. The number of carbonyl (C=O) groups excluding carboxylic acids is 1. The number of morpholine rings is 1. The molecule has 1 aliphatic rings. The number of ether oxygens (including phenoxy) is 1. The summed E-state index contributed by atoms with van der Waals surface area (Å²) in [5, 5.41) is 3.14. The van der Waals surface area contributed by atoms with E-state index in [1.807, 2.05) is 53.4 Å². The van der Waals surface area contributed by atoms with E-state index < -0.39 is 0 Å². The zero-order chi connectivity index (χ0) is 19.6. The fourth-order valence-electron chi connectivity index (χ4n) is 3.24. The Morgan fingerprint density at radius 1 is 1.07 bits per heavy atom. The van der Waals surface area contributed by atoms with Gasteiger partial charge in [0, 0.05) is 19.6 Å². The lowest BCUT2D eigenvalue weighted by molar-refractivity contribution is -0.136. The fraction of sp³-hybridized carbons (Fsp3) is 0.364. The monoisotopic (exact) mass is 380 g/mol. The Bertz CT molecular complexity index is 759.